The Labute approximate surface area is 97.9 Å². The first kappa shape index (κ1) is 11.2. The summed E-state index contributed by atoms with van der Waals surface area (Å²) < 4.78 is 12.9. The number of nitrogens with two attached hydrogens (primary N) is 1. The Morgan fingerprint density at radius 3 is 2.94 bits per heavy atom. The Kier molecular flexibility index (Phi) is 3.64. The molecule has 0 aliphatic rings. The van der Waals surface area contributed by atoms with E-state index in [1.807, 2.05) is 11.4 Å². The number of hydrogen-bond acceptors (Lipinski definition) is 3. The van der Waals surface area contributed by atoms with E-state index in [9.17, 15) is 4.39 Å². The van der Waals surface area contributed by atoms with Gasteiger partial charge in [0.1, 0.15) is 5.82 Å². The maximum absolute atomic E-state index is 12.9. The van der Waals surface area contributed by atoms with E-state index in [0.717, 1.165) is 17.7 Å². The van der Waals surface area contributed by atoms with E-state index in [1.165, 1.54) is 12.1 Å². The van der Waals surface area contributed by atoms with Gasteiger partial charge in [-0.05, 0) is 24.1 Å². The third kappa shape index (κ3) is 3.12. The van der Waals surface area contributed by atoms with Crippen molar-refractivity contribution in [2.24, 2.45) is 5.73 Å². The lowest BCUT2D eigenvalue weighted by Crippen LogP contribution is -2.25. The lowest BCUT2D eigenvalue weighted by molar-refractivity contribution is 0.617. The molecule has 0 saturated carbocycles. The first-order chi connectivity index (χ1) is 7.74. The van der Waals surface area contributed by atoms with E-state index in [4.69, 9.17) is 5.73 Å². The molecule has 4 heteroatoms. The molecule has 2 N–H and O–H groups in total. The van der Waals surface area contributed by atoms with Crippen molar-refractivity contribution in [3.8, 4) is 0 Å². The van der Waals surface area contributed by atoms with Crippen LogP contribution in [0.5, 0.6) is 0 Å². The van der Waals surface area contributed by atoms with Gasteiger partial charge in [-0.1, -0.05) is 12.1 Å². The van der Waals surface area contributed by atoms with Gasteiger partial charge in [0.05, 0.1) is 11.2 Å². The van der Waals surface area contributed by atoms with Crippen molar-refractivity contribution in [2.75, 3.05) is 0 Å². The maximum atomic E-state index is 12.9. The summed E-state index contributed by atoms with van der Waals surface area (Å²) in [7, 11) is 0. The zero-order valence-corrected chi connectivity index (χ0v) is 9.58. The van der Waals surface area contributed by atoms with E-state index in [0.29, 0.717) is 6.42 Å². The van der Waals surface area contributed by atoms with E-state index < -0.39 is 0 Å². The van der Waals surface area contributed by atoms with Crippen LogP contribution in [-0.2, 0) is 12.8 Å². The van der Waals surface area contributed by atoms with Crippen molar-refractivity contribution in [1.29, 1.82) is 0 Å². The summed E-state index contributed by atoms with van der Waals surface area (Å²) in [5, 5.41) is 1.99. The highest BCUT2D eigenvalue weighted by molar-refractivity contribution is 7.07. The third-order valence-corrected chi connectivity index (χ3v) is 2.98. The molecule has 1 heterocycles. The van der Waals surface area contributed by atoms with Crippen molar-refractivity contribution in [3.63, 3.8) is 0 Å². The van der Waals surface area contributed by atoms with Gasteiger partial charge in [-0.15, -0.1) is 11.3 Å². The van der Waals surface area contributed by atoms with Gasteiger partial charge < -0.3 is 5.73 Å². The molecule has 1 aromatic carbocycles. The summed E-state index contributed by atoms with van der Waals surface area (Å²) >= 11 is 1.56. The topological polar surface area (TPSA) is 38.9 Å². The number of halogens is 1. The summed E-state index contributed by atoms with van der Waals surface area (Å²) in [4.78, 5) is 4.18. The van der Waals surface area contributed by atoms with Crippen molar-refractivity contribution in [1.82, 2.24) is 4.98 Å². The van der Waals surface area contributed by atoms with Crippen LogP contribution in [0, 0.1) is 5.82 Å². The fraction of sp³-hybridized carbons (Fsp3) is 0.250. The number of thiazole rings is 1. The highest BCUT2D eigenvalue weighted by atomic mass is 32.1. The van der Waals surface area contributed by atoms with Gasteiger partial charge in [0.15, 0.2) is 0 Å². The average Bonchev–Trinajstić information content (AvgIpc) is 2.70. The molecule has 0 saturated heterocycles. The Bertz CT molecular complexity index is 442. The van der Waals surface area contributed by atoms with Crippen molar-refractivity contribution in [3.05, 3.63) is 52.2 Å². The molecule has 0 aliphatic heterocycles. The molecule has 0 spiro atoms. The summed E-state index contributed by atoms with van der Waals surface area (Å²) in [6.45, 7) is 0. The molecule has 1 unspecified atom stereocenters. The Morgan fingerprint density at radius 2 is 2.25 bits per heavy atom. The van der Waals surface area contributed by atoms with Crippen LogP contribution in [-0.4, -0.2) is 11.0 Å². The highest BCUT2D eigenvalue weighted by Crippen LogP contribution is 2.09. The summed E-state index contributed by atoms with van der Waals surface area (Å²) in [5.74, 6) is -0.210. The standard InChI is InChI=1S/C12H13FN2S/c13-10-3-1-2-9(4-10)5-11(14)6-12-7-16-8-15-12/h1-4,7-8,11H,5-6,14H2. The molecule has 1 atom stereocenters. The zero-order valence-electron chi connectivity index (χ0n) is 8.77. The normalized spacial score (nSPS) is 12.6. The zero-order chi connectivity index (χ0) is 11.4. The van der Waals surface area contributed by atoms with Crippen LogP contribution in [0.4, 0.5) is 4.39 Å². The van der Waals surface area contributed by atoms with E-state index in [1.54, 1.807) is 22.9 Å². The van der Waals surface area contributed by atoms with Gasteiger partial charge in [0.2, 0.25) is 0 Å². The SMILES string of the molecule is NC(Cc1cccc(F)c1)Cc1cscn1. The average molecular weight is 236 g/mol. The van der Waals surface area contributed by atoms with Crippen molar-refractivity contribution in [2.45, 2.75) is 18.9 Å². The van der Waals surface area contributed by atoms with Crippen LogP contribution in [0.3, 0.4) is 0 Å². The highest BCUT2D eigenvalue weighted by Gasteiger charge is 2.07. The van der Waals surface area contributed by atoms with Gasteiger partial charge in [-0.25, -0.2) is 9.37 Å². The molecular weight excluding hydrogens is 223 g/mol. The van der Waals surface area contributed by atoms with Crippen LogP contribution in [0.1, 0.15) is 11.3 Å². The van der Waals surface area contributed by atoms with E-state index in [-0.39, 0.29) is 11.9 Å². The van der Waals surface area contributed by atoms with Crippen LogP contribution < -0.4 is 5.73 Å². The number of hydrogen-bond donors (Lipinski definition) is 1. The Balaban J connectivity index is 1.94. The van der Waals surface area contributed by atoms with Gasteiger partial charge >= 0.3 is 0 Å². The summed E-state index contributed by atoms with van der Waals surface area (Å²) in [5.41, 5.74) is 9.73. The summed E-state index contributed by atoms with van der Waals surface area (Å²) in [6.07, 6.45) is 1.41. The molecule has 0 amide bonds. The van der Waals surface area contributed by atoms with Gasteiger partial charge in [0.25, 0.3) is 0 Å². The first-order valence-corrected chi connectivity index (χ1v) is 6.05. The third-order valence-electron chi connectivity index (χ3n) is 2.34. The minimum atomic E-state index is -0.210. The Hall–Kier alpha value is -1.26. The minimum Gasteiger partial charge on any atom is -0.327 e. The predicted octanol–water partition coefficient (Wildman–Crippen LogP) is 2.39. The van der Waals surface area contributed by atoms with E-state index >= 15 is 0 Å². The Morgan fingerprint density at radius 1 is 1.38 bits per heavy atom. The van der Waals surface area contributed by atoms with Crippen LogP contribution >= 0.6 is 11.3 Å². The molecule has 0 radical (unpaired) electrons. The number of benzene rings is 1. The maximum Gasteiger partial charge on any atom is 0.123 e. The second-order valence-corrected chi connectivity index (χ2v) is 4.50. The monoisotopic (exact) mass is 236 g/mol. The van der Waals surface area contributed by atoms with Gasteiger partial charge in [-0.3, -0.25) is 0 Å². The van der Waals surface area contributed by atoms with Crippen LogP contribution in [0.15, 0.2) is 35.2 Å². The predicted molar refractivity (Wildman–Crippen MR) is 63.9 cm³/mol. The smallest absolute Gasteiger partial charge is 0.123 e. The molecule has 1 aromatic heterocycles. The summed E-state index contributed by atoms with van der Waals surface area (Å²) in [6, 6.07) is 6.56. The number of rotatable bonds is 4. The van der Waals surface area contributed by atoms with Crippen LogP contribution in [0.25, 0.3) is 0 Å². The van der Waals surface area contributed by atoms with Crippen LogP contribution in [0.2, 0.25) is 0 Å². The number of nitrogens with zero attached hydrogens (tertiary/aromatic N) is 1. The lowest BCUT2D eigenvalue weighted by Gasteiger charge is -2.09. The fourth-order valence-corrected chi connectivity index (χ4v) is 2.22. The van der Waals surface area contributed by atoms with Gasteiger partial charge in [0, 0.05) is 17.8 Å². The van der Waals surface area contributed by atoms with E-state index in [2.05, 4.69) is 4.98 Å². The molecular formula is C12H13FN2S. The molecule has 16 heavy (non-hydrogen) atoms. The molecule has 2 rings (SSSR count). The fourth-order valence-electron chi connectivity index (χ4n) is 1.65. The quantitative estimate of drug-likeness (QED) is 0.885. The minimum absolute atomic E-state index is 0.0103. The largest absolute Gasteiger partial charge is 0.327 e. The first-order valence-electron chi connectivity index (χ1n) is 5.11. The second-order valence-electron chi connectivity index (χ2n) is 3.78. The molecule has 0 bridgehead atoms. The second kappa shape index (κ2) is 5.18. The van der Waals surface area contributed by atoms with Crippen molar-refractivity contribution < 1.29 is 4.39 Å². The van der Waals surface area contributed by atoms with Gasteiger partial charge in [-0.2, -0.15) is 0 Å². The molecule has 84 valence electrons. The number of aromatic nitrogens is 1. The molecule has 2 nitrogen and oxygen atoms in total. The molecule has 2 aromatic rings. The van der Waals surface area contributed by atoms with Crippen molar-refractivity contribution >= 4 is 11.3 Å². The molecule has 0 aliphatic carbocycles. The lowest BCUT2D eigenvalue weighted by atomic mass is 10.0. The molecule has 0 fully saturated rings.